The first kappa shape index (κ1) is 43.1. The molecule has 0 fully saturated rings. The van der Waals surface area contributed by atoms with Gasteiger partial charge in [0.1, 0.15) is 0 Å². The Kier molecular flexibility index (Phi) is 21.1. The number of benzene rings is 1. The number of anilines is 1. The Balaban J connectivity index is 0.00000901. The minimum Gasteiger partial charge on any atom is -0.480 e. The number of aromatic nitrogens is 2. The summed E-state index contributed by atoms with van der Waals surface area (Å²) in [7, 11) is 0. The predicted molar refractivity (Wildman–Crippen MR) is 190 cm³/mol. The molecule has 0 aliphatic heterocycles. The van der Waals surface area contributed by atoms with E-state index in [4.69, 9.17) is 0 Å². The molecular weight excluding hydrogens is 825 g/mol. The molecule has 0 saturated heterocycles. The Bertz CT molecular complexity index is 1410. The Morgan fingerprint density at radius 2 is 1.29 bits per heavy atom. The fourth-order valence-electron chi connectivity index (χ4n) is 5.40. The van der Waals surface area contributed by atoms with E-state index in [0.717, 1.165) is 75.1 Å². The Hall–Kier alpha value is -4.06. The molecular formula is C37H50N7O6Re-. The monoisotopic (exact) mass is 875 g/mol. The molecule has 0 unspecified atom stereocenters. The molecule has 51 heavy (non-hydrogen) atoms. The van der Waals surface area contributed by atoms with Gasteiger partial charge in [-0.2, -0.15) is 18.2 Å². The zero-order valence-electron chi connectivity index (χ0n) is 29.3. The molecule has 2 heterocycles. The molecule has 3 aromatic rings. The third-order valence-electron chi connectivity index (χ3n) is 7.91. The normalized spacial score (nSPS) is 11.0. The zero-order chi connectivity index (χ0) is 36.0. The number of carbonyl (C=O) groups excluding carboxylic acids is 2. The van der Waals surface area contributed by atoms with Crippen molar-refractivity contribution in [3.8, 4) is 0 Å². The smallest absolute Gasteiger partial charge is 0.317 e. The third kappa shape index (κ3) is 19.8. The largest absolute Gasteiger partial charge is 0.480 e. The van der Waals surface area contributed by atoms with Gasteiger partial charge in [-0.05, 0) is 57.1 Å². The summed E-state index contributed by atoms with van der Waals surface area (Å²) in [5, 5.41) is 24.3. The van der Waals surface area contributed by atoms with Crippen LogP contribution in [0, 0.1) is 13.1 Å². The van der Waals surface area contributed by atoms with Crippen LogP contribution in [0.5, 0.6) is 0 Å². The van der Waals surface area contributed by atoms with E-state index in [1.807, 2.05) is 55.6 Å². The average molecular weight is 875 g/mol. The number of carbonyl (C=O) groups is 4. The zero-order valence-corrected chi connectivity index (χ0v) is 32.0. The van der Waals surface area contributed by atoms with Crippen LogP contribution in [0.3, 0.4) is 0 Å². The van der Waals surface area contributed by atoms with E-state index in [2.05, 4.69) is 31.7 Å². The molecule has 0 atom stereocenters. The van der Waals surface area contributed by atoms with Crippen LogP contribution in [0.15, 0.2) is 66.9 Å². The number of hydrogen-bond acceptors (Lipinski definition) is 9. The van der Waals surface area contributed by atoms with E-state index in [9.17, 15) is 29.4 Å². The number of amides is 2. The first-order chi connectivity index (χ1) is 24.2. The van der Waals surface area contributed by atoms with Crippen LogP contribution in [0.2, 0.25) is 0 Å². The summed E-state index contributed by atoms with van der Waals surface area (Å²) >= 11 is 0. The van der Waals surface area contributed by atoms with E-state index in [0.29, 0.717) is 12.2 Å². The van der Waals surface area contributed by atoms with Crippen molar-refractivity contribution in [2.45, 2.75) is 58.5 Å². The molecule has 2 aromatic heterocycles. The SMILES string of the molecule is Cc1ccc(NC(=O)CN(CCN(CC(=O)O)CC(=O)NCCCCCCCCN(Cc2ccc[c-]n2)Cc2ccccn2)CC(=O)O)cc1.[Re]. The molecule has 277 valence electrons. The number of nitrogens with one attached hydrogen (secondary N) is 2. The van der Waals surface area contributed by atoms with Gasteiger partial charge < -0.3 is 30.7 Å². The van der Waals surface area contributed by atoms with Crippen molar-refractivity contribution in [2.75, 3.05) is 57.7 Å². The summed E-state index contributed by atoms with van der Waals surface area (Å²) in [6.45, 7) is 3.92. The van der Waals surface area contributed by atoms with E-state index in [1.165, 1.54) is 9.80 Å². The van der Waals surface area contributed by atoms with Crippen molar-refractivity contribution < 1.29 is 49.8 Å². The van der Waals surface area contributed by atoms with Crippen molar-refractivity contribution in [1.82, 2.24) is 30.0 Å². The molecule has 14 heteroatoms. The van der Waals surface area contributed by atoms with E-state index in [-0.39, 0.29) is 65.0 Å². The fourth-order valence-corrected chi connectivity index (χ4v) is 5.40. The van der Waals surface area contributed by atoms with Crippen LogP contribution < -0.4 is 10.6 Å². The second-order valence-corrected chi connectivity index (χ2v) is 12.4. The number of hydrogen-bond donors (Lipinski definition) is 4. The fraction of sp³-hybridized carbons (Fsp3) is 0.459. The molecule has 3 rings (SSSR count). The Labute approximate surface area is 314 Å². The number of carboxylic acids is 2. The van der Waals surface area contributed by atoms with Crippen molar-refractivity contribution in [3.05, 3.63) is 90.0 Å². The van der Waals surface area contributed by atoms with Gasteiger partial charge >= 0.3 is 11.9 Å². The number of pyridine rings is 2. The number of aryl methyl sites for hydroxylation is 1. The summed E-state index contributed by atoms with van der Waals surface area (Å²) < 4.78 is 0. The third-order valence-corrected chi connectivity index (χ3v) is 7.91. The number of nitrogens with zero attached hydrogens (tertiary/aromatic N) is 5. The number of aliphatic carboxylic acids is 2. The predicted octanol–water partition coefficient (Wildman–Crippen LogP) is 3.45. The van der Waals surface area contributed by atoms with Crippen molar-refractivity contribution >= 4 is 29.4 Å². The standard InChI is InChI=1S/C37H50N7O6.Re/c1-30-14-16-31(17-15-30)41-35(46)27-44(29-37(49)50)23-22-43(28-36(47)48)26-34(45)40-20-8-4-2-3-5-11-21-42(24-32-12-6-9-18-38-32)25-33-13-7-10-19-39-33;/h6-7,9-10,12-18H,2-5,8,11,20-29H2,1H3,(H,40,45)(H,41,46)(H,47,48)(H,49,50);/q-1;. The van der Waals surface area contributed by atoms with Gasteiger partial charge in [0.2, 0.25) is 11.8 Å². The van der Waals surface area contributed by atoms with Gasteiger partial charge in [0, 0.05) is 58.5 Å². The molecule has 0 spiro atoms. The summed E-state index contributed by atoms with van der Waals surface area (Å²) in [5.74, 6) is -2.90. The minimum atomic E-state index is -1.11. The molecule has 2 amide bonds. The van der Waals surface area contributed by atoms with Gasteiger partial charge in [-0.3, -0.25) is 34.0 Å². The van der Waals surface area contributed by atoms with Crippen LogP contribution in [0.25, 0.3) is 0 Å². The van der Waals surface area contributed by atoms with Crippen LogP contribution in [0.4, 0.5) is 5.69 Å². The minimum absolute atomic E-state index is 0. The Morgan fingerprint density at radius 1 is 0.686 bits per heavy atom. The van der Waals surface area contributed by atoms with Gasteiger partial charge in [-0.15, -0.1) is 0 Å². The second kappa shape index (κ2) is 25.0. The van der Waals surface area contributed by atoms with Gasteiger partial charge in [-0.25, -0.2) is 0 Å². The quantitative estimate of drug-likeness (QED) is 0.0728. The summed E-state index contributed by atoms with van der Waals surface area (Å²) in [5.41, 5.74) is 3.64. The van der Waals surface area contributed by atoms with Gasteiger partial charge in [-0.1, -0.05) is 61.3 Å². The number of unbranched alkanes of at least 4 members (excludes halogenated alkanes) is 5. The number of rotatable bonds is 25. The molecule has 0 bridgehead atoms. The second-order valence-electron chi connectivity index (χ2n) is 12.4. The maximum Gasteiger partial charge on any atom is 0.317 e. The first-order valence-electron chi connectivity index (χ1n) is 17.1. The summed E-state index contributed by atoms with van der Waals surface area (Å²) in [6.07, 6.45) is 10.8. The molecule has 1 aromatic carbocycles. The van der Waals surface area contributed by atoms with Crippen molar-refractivity contribution in [1.29, 1.82) is 0 Å². The Morgan fingerprint density at radius 3 is 1.90 bits per heavy atom. The molecule has 0 aliphatic carbocycles. The summed E-state index contributed by atoms with van der Waals surface area (Å²) in [4.78, 5) is 62.1. The van der Waals surface area contributed by atoms with Gasteiger partial charge in [0.15, 0.2) is 0 Å². The maximum atomic E-state index is 12.6. The number of carboxylic acid groups (broad SMARTS) is 2. The van der Waals surface area contributed by atoms with Gasteiger partial charge in [0.05, 0.1) is 31.9 Å². The van der Waals surface area contributed by atoms with E-state index < -0.39 is 18.5 Å². The van der Waals surface area contributed by atoms with Gasteiger partial charge in [0.25, 0.3) is 0 Å². The topological polar surface area (TPSA) is 168 Å². The molecule has 13 nitrogen and oxygen atoms in total. The van der Waals surface area contributed by atoms with Crippen molar-refractivity contribution in [2.24, 2.45) is 0 Å². The van der Waals surface area contributed by atoms with Crippen LogP contribution >= 0.6 is 0 Å². The summed E-state index contributed by atoms with van der Waals surface area (Å²) in [6, 6.07) is 18.9. The van der Waals surface area contributed by atoms with E-state index in [1.54, 1.807) is 18.2 Å². The molecule has 0 saturated carbocycles. The van der Waals surface area contributed by atoms with Crippen LogP contribution in [-0.2, 0) is 52.7 Å². The molecule has 0 aliphatic rings. The molecule has 4 N–H and O–H groups in total. The first-order valence-corrected chi connectivity index (χ1v) is 17.1. The molecule has 1 radical (unpaired) electrons. The van der Waals surface area contributed by atoms with E-state index >= 15 is 0 Å². The maximum absolute atomic E-state index is 12.6. The average Bonchev–Trinajstić information content (AvgIpc) is 3.07. The van der Waals surface area contributed by atoms with Crippen LogP contribution in [0.1, 0.15) is 55.5 Å². The van der Waals surface area contributed by atoms with Crippen molar-refractivity contribution in [3.63, 3.8) is 0 Å². The van der Waals surface area contributed by atoms with Crippen LogP contribution in [-0.4, -0.2) is 111 Å².